The zero-order valence-electron chi connectivity index (χ0n) is 21.7. The van der Waals surface area contributed by atoms with E-state index >= 15 is 4.39 Å². The predicted molar refractivity (Wildman–Crippen MR) is 148 cm³/mol. The molecule has 10 heteroatoms. The van der Waals surface area contributed by atoms with Gasteiger partial charge < -0.3 is 16.0 Å². The molecule has 3 aliphatic rings. The molecule has 8 nitrogen and oxygen atoms in total. The average Bonchev–Trinajstić information content (AvgIpc) is 3.56. The van der Waals surface area contributed by atoms with Gasteiger partial charge in [-0.3, -0.25) is 14.3 Å². The van der Waals surface area contributed by atoms with Crippen LogP contribution >= 0.6 is 11.6 Å². The standard InChI is InChI=1S/C29H28ClFN6O2/c1-14-3-4-23(15-7-16-11-29(5-6-29)28(39)35-24(16)21(31)8-15)37(13-14)27(38)17-9-18-22(10-20(17)30)34-26(32)19-12-33-36(2)25(18)19/h7-10,12,14,23H,3-6,11,13H2,1-2H3,(H2,32,34)(H,35,39)/t14-,23?/m0/s1. The smallest absolute Gasteiger partial charge is 0.255 e. The molecule has 4 heterocycles. The third-order valence-electron chi connectivity index (χ3n) is 8.79. The van der Waals surface area contributed by atoms with Crippen LogP contribution in [0.25, 0.3) is 21.8 Å². The van der Waals surface area contributed by atoms with E-state index in [1.54, 1.807) is 23.0 Å². The summed E-state index contributed by atoms with van der Waals surface area (Å²) in [4.78, 5) is 33.0. The van der Waals surface area contributed by atoms with Crippen molar-refractivity contribution in [2.24, 2.45) is 18.4 Å². The Morgan fingerprint density at radius 2 is 2.00 bits per heavy atom. The molecule has 2 amide bonds. The molecule has 2 aromatic heterocycles. The summed E-state index contributed by atoms with van der Waals surface area (Å²) in [6.07, 6.45) is 5.45. The fourth-order valence-corrected chi connectivity index (χ4v) is 6.66. The summed E-state index contributed by atoms with van der Waals surface area (Å²) in [5, 5.41) is 8.84. The summed E-state index contributed by atoms with van der Waals surface area (Å²) < 4.78 is 17.0. The molecule has 0 bridgehead atoms. The maximum Gasteiger partial charge on any atom is 0.255 e. The van der Waals surface area contributed by atoms with E-state index in [1.165, 1.54) is 6.07 Å². The van der Waals surface area contributed by atoms with Gasteiger partial charge in [0, 0.05) is 19.0 Å². The number of carbonyl (C=O) groups excluding carboxylic acids is 2. The number of halogens is 2. The highest BCUT2D eigenvalue weighted by Gasteiger charge is 2.52. The van der Waals surface area contributed by atoms with E-state index in [2.05, 4.69) is 22.3 Å². The highest BCUT2D eigenvalue weighted by atomic mass is 35.5. The molecule has 1 unspecified atom stereocenters. The lowest BCUT2D eigenvalue weighted by Gasteiger charge is -2.40. The number of anilines is 2. The van der Waals surface area contributed by atoms with Gasteiger partial charge in [-0.2, -0.15) is 5.10 Å². The zero-order chi connectivity index (χ0) is 27.2. The number of fused-ring (bicyclic) bond motifs is 4. The van der Waals surface area contributed by atoms with Crippen molar-refractivity contribution in [3.8, 4) is 0 Å². The number of benzene rings is 2. The number of hydrogen-bond acceptors (Lipinski definition) is 5. The topological polar surface area (TPSA) is 106 Å². The monoisotopic (exact) mass is 546 g/mol. The molecule has 3 N–H and O–H groups in total. The van der Waals surface area contributed by atoms with Crippen LogP contribution in [0.2, 0.25) is 5.02 Å². The Morgan fingerprint density at radius 1 is 1.21 bits per heavy atom. The molecular formula is C29H28ClFN6O2. The van der Waals surface area contributed by atoms with Crippen LogP contribution in [-0.4, -0.2) is 38.0 Å². The van der Waals surface area contributed by atoms with Crippen LogP contribution in [0, 0.1) is 17.2 Å². The molecule has 1 spiro atoms. The molecule has 1 saturated carbocycles. The van der Waals surface area contributed by atoms with Gasteiger partial charge in [0.1, 0.15) is 11.6 Å². The highest BCUT2D eigenvalue weighted by Crippen LogP contribution is 2.53. The summed E-state index contributed by atoms with van der Waals surface area (Å²) in [7, 11) is 1.82. The largest absolute Gasteiger partial charge is 0.383 e. The molecule has 39 heavy (non-hydrogen) atoms. The molecule has 1 aliphatic carbocycles. The minimum atomic E-state index is -0.455. The number of pyridine rings is 1. The number of likely N-dealkylation sites (tertiary alicyclic amines) is 1. The molecule has 2 aromatic carbocycles. The summed E-state index contributed by atoms with van der Waals surface area (Å²) >= 11 is 6.69. The second-order valence-corrected chi connectivity index (χ2v) is 11.9. The van der Waals surface area contributed by atoms with Crippen molar-refractivity contribution in [1.29, 1.82) is 0 Å². The number of hydrogen-bond donors (Lipinski definition) is 2. The minimum absolute atomic E-state index is 0.0883. The van der Waals surface area contributed by atoms with Gasteiger partial charge in [-0.05, 0) is 67.3 Å². The summed E-state index contributed by atoms with van der Waals surface area (Å²) in [6, 6.07) is 6.58. The van der Waals surface area contributed by atoms with Gasteiger partial charge in [0.05, 0.1) is 50.3 Å². The van der Waals surface area contributed by atoms with Crippen LogP contribution in [0.15, 0.2) is 30.5 Å². The number of nitrogens with one attached hydrogen (secondary N) is 1. The van der Waals surface area contributed by atoms with Crippen LogP contribution in [0.4, 0.5) is 15.9 Å². The molecule has 2 atom stereocenters. The number of nitrogens with zero attached hydrogens (tertiary/aromatic N) is 4. The van der Waals surface area contributed by atoms with Crippen LogP contribution < -0.4 is 11.1 Å². The SMILES string of the molecule is C[C@H]1CCC(c2cc(F)c3c(c2)CC2(CC2)C(=O)N3)N(C(=O)c2cc3c(cc2Cl)nc(N)c2cnn(C)c23)C1. The molecular weight excluding hydrogens is 519 g/mol. The van der Waals surface area contributed by atoms with E-state index in [0.717, 1.165) is 41.3 Å². The number of nitrogens with two attached hydrogens (primary N) is 1. The second-order valence-electron chi connectivity index (χ2n) is 11.5. The number of aryl methyl sites for hydroxylation is 1. The molecule has 200 valence electrons. The number of rotatable bonds is 2. The predicted octanol–water partition coefficient (Wildman–Crippen LogP) is 5.38. The van der Waals surface area contributed by atoms with Gasteiger partial charge in [0.2, 0.25) is 5.91 Å². The minimum Gasteiger partial charge on any atom is -0.383 e. The molecule has 1 saturated heterocycles. The zero-order valence-corrected chi connectivity index (χ0v) is 22.5. The summed E-state index contributed by atoms with van der Waals surface area (Å²) in [5.41, 5.74) is 9.30. The van der Waals surface area contributed by atoms with Crippen molar-refractivity contribution in [2.75, 3.05) is 17.6 Å². The lowest BCUT2D eigenvalue weighted by atomic mass is 9.85. The van der Waals surface area contributed by atoms with Gasteiger partial charge in [-0.25, -0.2) is 9.37 Å². The number of nitrogen functional groups attached to an aromatic ring is 1. The van der Waals surface area contributed by atoms with Gasteiger partial charge in [0.25, 0.3) is 5.91 Å². The van der Waals surface area contributed by atoms with Crippen LogP contribution in [0.5, 0.6) is 0 Å². The Labute approximate surface area is 229 Å². The van der Waals surface area contributed by atoms with Crippen LogP contribution in [0.1, 0.15) is 60.1 Å². The lowest BCUT2D eigenvalue weighted by molar-refractivity contribution is -0.121. The molecule has 0 radical (unpaired) electrons. The summed E-state index contributed by atoms with van der Waals surface area (Å²) in [5.74, 6) is -0.121. The average molecular weight is 547 g/mol. The molecule has 7 rings (SSSR count). The van der Waals surface area contributed by atoms with Crippen molar-refractivity contribution < 1.29 is 14.0 Å². The van der Waals surface area contributed by atoms with Crippen molar-refractivity contribution in [3.05, 3.63) is 58.0 Å². The van der Waals surface area contributed by atoms with E-state index in [9.17, 15) is 9.59 Å². The Bertz CT molecular complexity index is 1730. The summed E-state index contributed by atoms with van der Waals surface area (Å²) in [6.45, 7) is 2.64. The Kier molecular flexibility index (Phi) is 5.23. The van der Waals surface area contributed by atoms with E-state index in [0.29, 0.717) is 41.7 Å². The number of aromatic nitrogens is 3. The number of piperidine rings is 1. The van der Waals surface area contributed by atoms with Crippen molar-refractivity contribution in [3.63, 3.8) is 0 Å². The highest BCUT2D eigenvalue weighted by molar-refractivity contribution is 6.35. The molecule has 2 aliphatic heterocycles. The van der Waals surface area contributed by atoms with Crippen molar-refractivity contribution >= 4 is 56.7 Å². The first-order chi connectivity index (χ1) is 18.6. The maximum absolute atomic E-state index is 15.3. The number of carbonyl (C=O) groups is 2. The van der Waals surface area contributed by atoms with Crippen LogP contribution in [-0.2, 0) is 18.3 Å². The lowest BCUT2D eigenvalue weighted by Crippen LogP contribution is -2.42. The maximum atomic E-state index is 15.3. The Morgan fingerprint density at radius 3 is 2.77 bits per heavy atom. The third kappa shape index (κ3) is 3.70. The molecule has 2 fully saturated rings. The van der Waals surface area contributed by atoms with Crippen LogP contribution in [0.3, 0.4) is 0 Å². The van der Waals surface area contributed by atoms with Gasteiger partial charge in [-0.15, -0.1) is 0 Å². The van der Waals surface area contributed by atoms with E-state index in [4.69, 9.17) is 17.3 Å². The first-order valence-corrected chi connectivity index (χ1v) is 13.7. The molecule has 4 aromatic rings. The van der Waals surface area contributed by atoms with E-state index in [-0.39, 0.29) is 34.5 Å². The van der Waals surface area contributed by atoms with Gasteiger partial charge in [0.15, 0.2) is 0 Å². The third-order valence-corrected chi connectivity index (χ3v) is 9.10. The number of amides is 2. The van der Waals surface area contributed by atoms with Crippen molar-refractivity contribution in [1.82, 2.24) is 19.7 Å². The fraction of sp³-hybridized carbons (Fsp3) is 0.379. The first-order valence-electron chi connectivity index (χ1n) is 13.3. The van der Waals surface area contributed by atoms with Crippen molar-refractivity contribution in [2.45, 2.75) is 45.1 Å². The van der Waals surface area contributed by atoms with E-state index < -0.39 is 11.2 Å². The second kappa shape index (κ2) is 8.39. The van der Waals surface area contributed by atoms with E-state index in [1.807, 2.05) is 18.0 Å². The first kappa shape index (κ1) is 24.3. The van der Waals surface area contributed by atoms with Gasteiger partial charge >= 0.3 is 0 Å². The Balaban J connectivity index is 1.31. The normalized spacial score (nSPS) is 21.8. The Hall–Kier alpha value is -3.72. The fourth-order valence-electron chi connectivity index (χ4n) is 6.43. The quantitative estimate of drug-likeness (QED) is 0.351. The van der Waals surface area contributed by atoms with Gasteiger partial charge in [-0.1, -0.05) is 24.6 Å².